The van der Waals surface area contributed by atoms with Gasteiger partial charge in [0, 0.05) is 28.4 Å². The zero-order valence-electron chi connectivity index (χ0n) is 35.1. The number of anilines is 4. The van der Waals surface area contributed by atoms with E-state index in [-0.39, 0.29) is 27.1 Å². The molecular weight excluding hydrogens is 641 g/mol. The van der Waals surface area contributed by atoms with E-state index in [1.807, 2.05) is 0 Å². The summed E-state index contributed by atoms with van der Waals surface area (Å²) in [5.74, 6) is 0. The number of hydrogen-bond acceptors (Lipinski definition) is 2. The van der Waals surface area contributed by atoms with Gasteiger partial charge in [0.2, 0.25) is 0 Å². The van der Waals surface area contributed by atoms with Crippen molar-refractivity contribution in [3.05, 3.63) is 129 Å². The van der Waals surface area contributed by atoms with Crippen LogP contribution < -0.4 is 10.2 Å². The molecule has 0 saturated carbocycles. The summed E-state index contributed by atoms with van der Waals surface area (Å²) in [6, 6.07) is 21.9. The molecular formula is C51H66N2. The highest BCUT2D eigenvalue weighted by atomic mass is 15.1. The molecule has 0 aromatic heterocycles. The monoisotopic (exact) mass is 707 g/mol. The molecule has 7 rings (SSSR count). The van der Waals surface area contributed by atoms with E-state index >= 15 is 0 Å². The van der Waals surface area contributed by atoms with Gasteiger partial charge in [0.25, 0.3) is 0 Å². The minimum Gasteiger partial charge on any atom is -0.358 e. The Kier molecular flexibility index (Phi) is 9.35. The fourth-order valence-corrected chi connectivity index (χ4v) is 9.58. The fraction of sp³-hybridized carbons (Fsp3) is 0.490. The van der Waals surface area contributed by atoms with Crippen LogP contribution in [0.25, 0.3) is 0 Å². The minimum atomic E-state index is 0.125. The fourth-order valence-electron chi connectivity index (χ4n) is 9.58. The van der Waals surface area contributed by atoms with Crippen LogP contribution in [-0.2, 0) is 21.7 Å². The van der Waals surface area contributed by atoms with Crippen LogP contribution in [0.1, 0.15) is 155 Å². The smallest absolute Gasteiger partial charge is 0.0484 e. The lowest BCUT2D eigenvalue weighted by Crippen LogP contribution is -2.34. The Morgan fingerprint density at radius 3 is 1.66 bits per heavy atom. The van der Waals surface area contributed by atoms with Crippen molar-refractivity contribution in [3.8, 4) is 0 Å². The van der Waals surface area contributed by atoms with Gasteiger partial charge in [-0.15, -0.1) is 0 Å². The van der Waals surface area contributed by atoms with Gasteiger partial charge in [-0.3, -0.25) is 0 Å². The normalized spacial score (nSPS) is 21.3. The van der Waals surface area contributed by atoms with Crippen LogP contribution in [0.3, 0.4) is 0 Å². The molecule has 53 heavy (non-hydrogen) atoms. The molecule has 3 aromatic rings. The number of nitrogens with one attached hydrogen (secondary N) is 1. The van der Waals surface area contributed by atoms with Crippen molar-refractivity contribution in [2.24, 2.45) is 5.41 Å². The summed E-state index contributed by atoms with van der Waals surface area (Å²) in [5.41, 5.74) is 18.6. The molecule has 2 nitrogen and oxygen atoms in total. The van der Waals surface area contributed by atoms with E-state index in [0.29, 0.717) is 0 Å². The molecule has 4 aliphatic rings. The lowest BCUT2D eigenvalue weighted by molar-refractivity contribution is 0.332. The molecule has 0 spiro atoms. The number of benzene rings is 3. The standard InChI is InChI=1S/C51H66N2/c1-34-28-37(52-46-23-18-36(47(2,3)4)30-41(46)35-16-14-13-15-17-35)31-40(29-34)53(38-19-21-42-44(32-38)50(9,10)26-24-48(42,5)6)39-20-22-43-45(33-39)51(11,12)27-25-49(43,7)8/h13-14,16,19-22,28-33,52H,15,17-18,23-27H2,1-12H3. The summed E-state index contributed by atoms with van der Waals surface area (Å²) in [4.78, 5) is 2.55. The molecule has 0 amide bonds. The van der Waals surface area contributed by atoms with E-state index in [0.717, 1.165) is 31.4 Å². The van der Waals surface area contributed by atoms with Gasteiger partial charge in [-0.05, 0) is 167 Å². The van der Waals surface area contributed by atoms with E-state index in [9.17, 15) is 0 Å². The number of aryl methyl sites for hydroxylation is 1. The predicted molar refractivity (Wildman–Crippen MR) is 230 cm³/mol. The van der Waals surface area contributed by atoms with Crippen molar-refractivity contribution < 1.29 is 0 Å². The highest BCUT2D eigenvalue weighted by Gasteiger charge is 2.39. The second-order valence-corrected chi connectivity index (χ2v) is 20.5. The molecule has 0 bridgehead atoms. The third-order valence-electron chi connectivity index (χ3n) is 13.4. The topological polar surface area (TPSA) is 15.3 Å². The molecule has 280 valence electrons. The third kappa shape index (κ3) is 7.25. The molecule has 1 N–H and O–H groups in total. The van der Waals surface area contributed by atoms with Gasteiger partial charge in [-0.1, -0.05) is 118 Å². The number of nitrogens with zero attached hydrogens (tertiary/aromatic N) is 1. The molecule has 0 saturated heterocycles. The maximum absolute atomic E-state index is 4.03. The predicted octanol–water partition coefficient (Wildman–Crippen LogP) is 14.9. The maximum Gasteiger partial charge on any atom is 0.0484 e. The van der Waals surface area contributed by atoms with Crippen molar-refractivity contribution in [3.63, 3.8) is 0 Å². The quantitative estimate of drug-likeness (QED) is 0.274. The molecule has 0 atom stereocenters. The molecule has 0 aliphatic heterocycles. The van der Waals surface area contributed by atoms with E-state index in [1.54, 1.807) is 5.57 Å². The number of rotatable bonds is 6. The van der Waals surface area contributed by atoms with Crippen molar-refractivity contribution in [1.82, 2.24) is 0 Å². The first-order chi connectivity index (χ1) is 24.7. The lowest BCUT2D eigenvalue weighted by atomic mass is 9.63. The van der Waals surface area contributed by atoms with E-state index < -0.39 is 0 Å². The van der Waals surface area contributed by atoms with E-state index in [1.165, 1.54) is 87.4 Å². The van der Waals surface area contributed by atoms with Crippen molar-refractivity contribution in [2.75, 3.05) is 10.2 Å². The Hall–Kier alpha value is -3.78. The van der Waals surface area contributed by atoms with Gasteiger partial charge in [0.15, 0.2) is 0 Å². The largest absolute Gasteiger partial charge is 0.358 e. The van der Waals surface area contributed by atoms with Crippen LogP contribution in [0.4, 0.5) is 22.7 Å². The highest BCUT2D eigenvalue weighted by molar-refractivity contribution is 5.81. The number of allylic oxidation sites excluding steroid dienone is 8. The van der Waals surface area contributed by atoms with Crippen LogP contribution >= 0.6 is 0 Å². The first kappa shape index (κ1) is 37.5. The average Bonchev–Trinajstić information content (AvgIpc) is 3.09. The van der Waals surface area contributed by atoms with Crippen molar-refractivity contribution in [2.45, 2.75) is 156 Å². The summed E-state index contributed by atoms with van der Waals surface area (Å²) in [6.45, 7) is 28.8. The van der Waals surface area contributed by atoms with Gasteiger partial charge < -0.3 is 10.2 Å². The highest BCUT2D eigenvalue weighted by Crippen LogP contribution is 2.51. The second-order valence-electron chi connectivity index (χ2n) is 20.5. The summed E-state index contributed by atoms with van der Waals surface area (Å²) in [7, 11) is 0. The molecule has 2 heteroatoms. The maximum atomic E-state index is 4.03. The van der Waals surface area contributed by atoms with Crippen molar-refractivity contribution in [1.29, 1.82) is 0 Å². The Morgan fingerprint density at radius 2 is 1.15 bits per heavy atom. The first-order valence-corrected chi connectivity index (χ1v) is 20.5. The molecule has 0 unspecified atom stereocenters. The molecule has 4 aliphatic carbocycles. The first-order valence-electron chi connectivity index (χ1n) is 20.5. The van der Waals surface area contributed by atoms with Crippen LogP contribution in [0.5, 0.6) is 0 Å². The summed E-state index contributed by atoms with van der Waals surface area (Å²) in [6.07, 6.45) is 18.5. The van der Waals surface area contributed by atoms with Crippen LogP contribution in [0.15, 0.2) is 101 Å². The average molecular weight is 707 g/mol. The number of hydrogen-bond donors (Lipinski definition) is 1. The number of fused-ring (bicyclic) bond motifs is 2. The zero-order chi connectivity index (χ0) is 38.1. The Bertz CT molecular complexity index is 1970. The summed E-state index contributed by atoms with van der Waals surface area (Å²) < 4.78 is 0. The van der Waals surface area contributed by atoms with Gasteiger partial charge in [0.05, 0.1) is 0 Å². The SMILES string of the molecule is Cc1cc(NC2=C(C3=CC=CCC3)C=C(C(C)(C)C)CC2)cc(N(c2ccc3c(c2)C(C)(C)CCC3(C)C)c2ccc3c(c2)C(C)(C)CCC3(C)C)c1. The van der Waals surface area contributed by atoms with Crippen LogP contribution in [0, 0.1) is 12.3 Å². The molecule has 3 aromatic carbocycles. The lowest BCUT2D eigenvalue weighted by Gasteiger charge is -2.43. The molecule has 0 fully saturated rings. The zero-order valence-corrected chi connectivity index (χ0v) is 35.1. The Morgan fingerprint density at radius 1 is 0.604 bits per heavy atom. The Balaban J connectivity index is 1.39. The molecule has 0 radical (unpaired) electrons. The summed E-state index contributed by atoms with van der Waals surface area (Å²) >= 11 is 0. The van der Waals surface area contributed by atoms with Gasteiger partial charge in [-0.2, -0.15) is 0 Å². The van der Waals surface area contributed by atoms with E-state index in [2.05, 4.69) is 172 Å². The Labute approximate surface area is 322 Å². The minimum absolute atomic E-state index is 0.125. The van der Waals surface area contributed by atoms with E-state index in [4.69, 9.17) is 0 Å². The second kappa shape index (κ2) is 13.2. The molecule has 0 heterocycles. The van der Waals surface area contributed by atoms with Gasteiger partial charge in [0.1, 0.15) is 0 Å². The summed E-state index contributed by atoms with van der Waals surface area (Å²) in [5, 5.41) is 4.03. The van der Waals surface area contributed by atoms with Crippen molar-refractivity contribution >= 4 is 22.7 Å². The van der Waals surface area contributed by atoms with Crippen LogP contribution in [0.2, 0.25) is 0 Å². The van der Waals surface area contributed by atoms with Gasteiger partial charge in [-0.25, -0.2) is 0 Å². The van der Waals surface area contributed by atoms with Crippen LogP contribution in [-0.4, -0.2) is 0 Å². The third-order valence-corrected chi connectivity index (χ3v) is 13.4. The van der Waals surface area contributed by atoms with Gasteiger partial charge >= 0.3 is 0 Å².